The first-order valence-electron chi connectivity index (χ1n) is 7.04. The number of amides is 2. The zero-order valence-corrected chi connectivity index (χ0v) is 12.7. The highest BCUT2D eigenvalue weighted by Crippen LogP contribution is 2.30. The first-order chi connectivity index (χ1) is 10.3. The molecule has 0 unspecified atom stereocenters. The fourth-order valence-corrected chi connectivity index (χ4v) is 3.11. The molecular weight excluding hydrogens is 319 g/mol. The summed E-state index contributed by atoms with van der Waals surface area (Å²) in [6.45, 7) is 0.0650. The second-order valence-electron chi connectivity index (χ2n) is 5.45. The van der Waals surface area contributed by atoms with Crippen LogP contribution in [-0.2, 0) is 12.7 Å². The van der Waals surface area contributed by atoms with Crippen LogP contribution in [0.4, 0.5) is 18.0 Å². The molecule has 124 valence electrons. The average molecular weight is 337 g/mol. The Balaban J connectivity index is 1.74. The van der Waals surface area contributed by atoms with Gasteiger partial charge in [-0.1, -0.05) is 19.3 Å². The number of nitrogens with one attached hydrogen (secondary N) is 2. The van der Waals surface area contributed by atoms with Gasteiger partial charge in [0.15, 0.2) is 5.69 Å². The largest absolute Gasteiger partial charge is 0.434 e. The molecule has 22 heavy (non-hydrogen) atoms. The third kappa shape index (κ3) is 4.84. The molecule has 0 spiro atoms. The van der Waals surface area contributed by atoms with E-state index < -0.39 is 23.5 Å². The second kappa shape index (κ2) is 6.82. The molecule has 0 bridgehead atoms. The Morgan fingerprint density at radius 2 is 2.00 bits per heavy atom. The van der Waals surface area contributed by atoms with Gasteiger partial charge in [0.2, 0.25) is 0 Å². The molecule has 9 heteroatoms. The van der Waals surface area contributed by atoms with Crippen molar-refractivity contribution in [3.63, 3.8) is 0 Å². The van der Waals surface area contributed by atoms with E-state index in [4.69, 9.17) is 0 Å². The molecule has 0 saturated heterocycles. The monoisotopic (exact) mass is 337 g/mol. The van der Waals surface area contributed by atoms with E-state index in [9.17, 15) is 23.1 Å². The van der Waals surface area contributed by atoms with Crippen molar-refractivity contribution in [3.8, 4) is 0 Å². The van der Waals surface area contributed by atoms with Crippen molar-refractivity contribution in [1.82, 2.24) is 15.6 Å². The molecule has 2 rings (SSSR count). The molecule has 1 aliphatic carbocycles. The first-order valence-corrected chi connectivity index (χ1v) is 7.92. The van der Waals surface area contributed by atoms with Gasteiger partial charge < -0.3 is 15.7 Å². The van der Waals surface area contributed by atoms with Gasteiger partial charge in [-0.2, -0.15) is 13.2 Å². The summed E-state index contributed by atoms with van der Waals surface area (Å²) in [5, 5.41) is 16.3. The van der Waals surface area contributed by atoms with Crippen LogP contribution in [-0.4, -0.2) is 28.3 Å². The van der Waals surface area contributed by atoms with Crippen molar-refractivity contribution >= 4 is 17.4 Å². The van der Waals surface area contributed by atoms with Crippen LogP contribution < -0.4 is 10.6 Å². The highest BCUT2D eigenvalue weighted by Gasteiger charge is 2.33. The van der Waals surface area contributed by atoms with Gasteiger partial charge in [0.1, 0.15) is 5.01 Å². The van der Waals surface area contributed by atoms with Crippen molar-refractivity contribution in [2.45, 2.75) is 50.4 Å². The van der Waals surface area contributed by atoms with Crippen molar-refractivity contribution < 1.29 is 23.1 Å². The summed E-state index contributed by atoms with van der Waals surface area (Å²) in [5.74, 6) is 0. The fraction of sp³-hybridized carbons (Fsp3) is 0.692. The summed E-state index contributed by atoms with van der Waals surface area (Å²) >= 11 is 0.841. The van der Waals surface area contributed by atoms with Crippen LogP contribution in [0.1, 0.15) is 42.8 Å². The molecule has 1 aromatic rings. The lowest BCUT2D eigenvalue weighted by atomic mass is 9.85. The van der Waals surface area contributed by atoms with Crippen LogP contribution in [0.3, 0.4) is 0 Å². The molecule has 5 nitrogen and oxygen atoms in total. The maximum Gasteiger partial charge on any atom is 0.434 e. The zero-order chi connectivity index (χ0) is 16.2. The van der Waals surface area contributed by atoms with Crippen molar-refractivity contribution in [1.29, 1.82) is 0 Å². The fourth-order valence-electron chi connectivity index (χ4n) is 2.37. The number of urea groups is 1. The molecule has 1 fully saturated rings. The standard InChI is InChI=1S/C13H18F3N3O2S/c14-13(15,16)9-7-22-10(19-9)6-17-11(20)18-8-12(21)4-2-1-3-5-12/h7,21H,1-6,8H2,(H2,17,18,20). The predicted octanol–water partition coefficient (Wildman–Crippen LogP) is 2.66. The Bertz CT molecular complexity index is 513. The predicted molar refractivity (Wildman–Crippen MR) is 75.4 cm³/mol. The highest BCUT2D eigenvalue weighted by atomic mass is 32.1. The van der Waals surface area contributed by atoms with Gasteiger partial charge >= 0.3 is 12.2 Å². The minimum atomic E-state index is -4.47. The average Bonchev–Trinajstić information content (AvgIpc) is 2.93. The van der Waals surface area contributed by atoms with Crippen molar-refractivity contribution in [3.05, 3.63) is 16.1 Å². The van der Waals surface area contributed by atoms with E-state index in [1.807, 2.05) is 0 Å². The number of thiazole rings is 1. The molecule has 1 aliphatic rings. The summed E-state index contributed by atoms with van der Waals surface area (Å²) in [6.07, 6.45) is -0.233. The van der Waals surface area contributed by atoms with E-state index >= 15 is 0 Å². The number of hydrogen-bond acceptors (Lipinski definition) is 4. The molecule has 3 N–H and O–H groups in total. The van der Waals surface area contributed by atoms with Gasteiger partial charge in [-0.3, -0.25) is 0 Å². The molecule has 0 aliphatic heterocycles. The summed E-state index contributed by atoms with van der Waals surface area (Å²) in [4.78, 5) is 15.0. The maximum atomic E-state index is 12.4. The minimum Gasteiger partial charge on any atom is -0.388 e. The highest BCUT2D eigenvalue weighted by molar-refractivity contribution is 7.09. The molecule has 1 heterocycles. The molecule has 0 aromatic carbocycles. The number of nitrogens with zero attached hydrogens (tertiary/aromatic N) is 1. The Morgan fingerprint density at radius 1 is 1.32 bits per heavy atom. The van der Waals surface area contributed by atoms with Gasteiger partial charge in [-0.15, -0.1) is 11.3 Å². The van der Waals surface area contributed by atoms with Crippen LogP contribution in [0.2, 0.25) is 0 Å². The summed E-state index contributed by atoms with van der Waals surface area (Å²) in [6, 6.07) is -0.525. The van der Waals surface area contributed by atoms with Crippen LogP contribution >= 0.6 is 11.3 Å². The van der Waals surface area contributed by atoms with E-state index in [-0.39, 0.29) is 18.1 Å². The van der Waals surface area contributed by atoms with Crippen LogP contribution in [0, 0.1) is 0 Å². The molecule has 0 radical (unpaired) electrons. The minimum absolute atomic E-state index is 0.0784. The molecule has 0 atom stereocenters. The smallest absolute Gasteiger partial charge is 0.388 e. The van der Waals surface area contributed by atoms with E-state index in [0.29, 0.717) is 12.8 Å². The van der Waals surface area contributed by atoms with Gasteiger partial charge in [-0.25, -0.2) is 9.78 Å². The normalized spacial score (nSPS) is 18.0. The van der Waals surface area contributed by atoms with Gasteiger partial charge in [-0.05, 0) is 12.8 Å². The van der Waals surface area contributed by atoms with E-state index in [1.54, 1.807) is 0 Å². The van der Waals surface area contributed by atoms with E-state index in [0.717, 1.165) is 36.0 Å². The lowest BCUT2D eigenvalue weighted by molar-refractivity contribution is -0.140. The Labute approximate surface area is 129 Å². The lowest BCUT2D eigenvalue weighted by Crippen LogP contribution is -2.47. The van der Waals surface area contributed by atoms with E-state index in [1.165, 1.54) is 0 Å². The quantitative estimate of drug-likeness (QED) is 0.791. The van der Waals surface area contributed by atoms with Crippen LogP contribution in [0.15, 0.2) is 5.38 Å². The number of alkyl halides is 3. The summed E-state index contributed by atoms with van der Waals surface area (Å²) in [7, 11) is 0. The van der Waals surface area contributed by atoms with Crippen LogP contribution in [0.5, 0.6) is 0 Å². The SMILES string of the molecule is O=C(NCc1nc(C(F)(F)F)cs1)NCC1(O)CCCCC1. The van der Waals surface area contributed by atoms with E-state index in [2.05, 4.69) is 15.6 Å². The molecule has 1 aromatic heterocycles. The first kappa shape index (κ1) is 17.0. The van der Waals surface area contributed by atoms with Crippen molar-refractivity contribution in [2.24, 2.45) is 0 Å². The number of aromatic nitrogens is 1. The maximum absolute atomic E-state index is 12.4. The molecule has 1 saturated carbocycles. The summed E-state index contributed by atoms with van der Waals surface area (Å²) < 4.78 is 37.2. The third-order valence-corrected chi connectivity index (χ3v) is 4.45. The second-order valence-corrected chi connectivity index (χ2v) is 6.39. The molecular formula is C13H18F3N3O2S. The number of carbonyl (C=O) groups excluding carboxylic acids is 1. The summed E-state index contributed by atoms with van der Waals surface area (Å²) in [5.41, 5.74) is -1.83. The Kier molecular flexibility index (Phi) is 5.28. The van der Waals surface area contributed by atoms with Crippen LogP contribution in [0.25, 0.3) is 0 Å². The number of rotatable bonds is 4. The Morgan fingerprint density at radius 3 is 2.59 bits per heavy atom. The number of carbonyl (C=O) groups is 1. The van der Waals surface area contributed by atoms with Gasteiger partial charge in [0.05, 0.1) is 12.1 Å². The molecule has 2 amide bonds. The topological polar surface area (TPSA) is 74.2 Å². The number of halogens is 3. The number of aliphatic hydroxyl groups is 1. The zero-order valence-electron chi connectivity index (χ0n) is 11.9. The number of hydrogen-bond donors (Lipinski definition) is 3. The lowest BCUT2D eigenvalue weighted by Gasteiger charge is -2.32. The Hall–Kier alpha value is -1.35. The van der Waals surface area contributed by atoms with Crippen molar-refractivity contribution in [2.75, 3.05) is 6.54 Å². The van der Waals surface area contributed by atoms with Gasteiger partial charge in [0.25, 0.3) is 0 Å². The third-order valence-electron chi connectivity index (χ3n) is 3.60. The van der Waals surface area contributed by atoms with Gasteiger partial charge in [0, 0.05) is 11.9 Å².